The van der Waals surface area contributed by atoms with E-state index in [0.717, 1.165) is 11.1 Å². The number of rotatable bonds is 8. The number of benzene rings is 2. The lowest BCUT2D eigenvalue weighted by atomic mass is 9.74. The van der Waals surface area contributed by atoms with Crippen LogP contribution in [-0.4, -0.2) is 81.2 Å². The largest absolute Gasteiger partial charge is 0.393 e. The van der Waals surface area contributed by atoms with Crippen LogP contribution in [0.15, 0.2) is 60.7 Å². The van der Waals surface area contributed by atoms with Crippen molar-refractivity contribution in [3.05, 3.63) is 71.8 Å². The molecule has 3 amide bonds. The Morgan fingerprint density at radius 1 is 0.868 bits per heavy atom. The molecule has 2 saturated heterocycles. The van der Waals surface area contributed by atoms with Gasteiger partial charge in [0.25, 0.3) is 0 Å². The minimum Gasteiger partial charge on any atom is -0.393 e. The quantitative estimate of drug-likeness (QED) is 0.399. The Labute approximate surface area is 223 Å². The van der Waals surface area contributed by atoms with Crippen molar-refractivity contribution in [1.29, 1.82) is 0 Å². The van der Waals surface area contributed by atoms with E-state index >= 15 is 0 Å². The summed E-state index contributed by atoms with van der Waals surface area (Å²) in [6.07, 6.45) is 0.337. The molecule has 0 spiro atoms. The molecule has 2 heterocycles. The molecule has 9 nitrogen and oxygen atoms in total. The fourth-order valence-electron chi connectivity index (χ4n) is 5.66. The van der Waals surface area contributed by atoms with Crippen LogP contribution in [0, 0.1) is 5.92 Å². The van der Waals surface area contributed by atoms with Crippen molar-refractivity contribution >= 4 is 17.7 Å². The fourth-order valence-corrected chi connectivity index (χ4v) is 5.66. The van der Waals surface area contributed by atoms with E-state index in [4.69, 9.17) is 11.5 Å². The van der Waals surface area contributed by atoms with Crippen LogP contribution in [-0.2, 0) is 27.2 Å². The molecule has 38 heavy (non-hydrogen) atoms. The SMILES string of the molecule is NC(=O)C1C[C@@H](O)CCN1C(=O)[C@@H](Cc1ccccc1)C(N)(Cc1ccccc1)C(=O)N1CCC(O)CC1. The number of hydrogen-bond acceptors (Lipinski definition) is 6. The monoisotopic (exact) mass is 522 g/mol. The summed E-state index contributed by atoms with van der Waals surface area (Å²) in [7, 11) is 0. The van der Waals surface area contributed by atoms with Crippen molar-refractivity contribution in [1.82, 2.24) is 9.80 Å². The van der Waals surface area contributed by atoms with Gasteiger partial charge in [-0.15, -0.1) is 0 Å². The van der Waals surface area contributed by atoms with E-state index < -0.39 is 41.5 Å². The predicted octanol–water partition coefficient (Wildman–Crippen LogP) is 0.606. The van der Waals surface area contributed by atoms with Gasteiger partial charge in [-0.3, -0.25) is 14.4 Å². The molecule has 0 aliphatic carbocycles. The van der Waals surface area contributed by atoms with E-state index in [9.17, 15) is 24.6 Å². The molecule has 9 heteroatoms. The topological polar surface area (TPSA) is 150 Å². The van der Waals surface area contributed by atoms with Crippen molar-refractivity contribution in [2.75, 3.05) is 19.6 Å². The summed E-state index contributed by atoms with van der Waals surface area (Å²) in [5.41, 5.74) is 12.8. The molecule has 0 aromatic heterocycles. The van der Waals surface area contributed by atoms with Crippen LogP contribution < -0.4 is 11.5 Å². The average molecular weight is 523 g/mol. The highest BCUT2D eigenvalue weighted by Gasteiger charge is 2.51. The molecule has 0 radical (unpaired) electrons. The zero-order valence-electron chi connectivity index (χ0n) is 21.6. The standard InChI is InChI=1S/C29H38N4O5/c30-26(36)25-18-23(35)13-16-33(25)27(37)24(17-20-7-3-1-4-8-20)29(31,19-21-9-5-2-6-10-21)28(38)32-14-11-22(34)12-15-32/h1-10,22-25,34-35H,11-19,31H2,(H2,30,36)/t23-,24+,25?,29?/m0/s1. The first-order chi connectivity index (χ1) is 18.2. The number of nitrogens with two attached hydrogens (primary N) is 2. The molecule has 2 aromatic carbocycles. The van der Waals surface area contributed by atoms with E-state index in [1.54, 1.807) is 4.90 Å². The highest BCUT2D eigenvalue weighted by molar-refractivity contribution is 5.96. The third-order valence-corrected chi connectivity index (χ3v) is 7.88. The second-order valence-electron chi connectivity index (χ2n) is 10.6. The number of aliphatic hydroxyl groups excluding tert-OH is 2. The Hall–Kier alpha value is -3.27. The van der Waals surface area contributed by atoms with Gasteiger partial charge < -0.3 is 31.5 Å². The van der Waals surface area contributed by atoms with E-state index in [0.29, 0.717) is 32.4 Å². The van der Waals surface area contributed by atoms with Gasteiger partial charge in [-0.1, -0.05) is 60.7 Å². The minimum absolute atomic E-state index is 0.0490. The first-order valence-corrected chi connectivity index (χ1v) is 13.3. The summed E-state index contributed by atoms with van der Waals surface area (Å²) in [6, 6.07) is 17.7. The number of aliphatic hydroxyl groups is 2. The lowest BCUT2D eigenvalue weighted by Crippen LogP contribution is -2.67. The first-order valence-electron chi connectivity index (χ1n) is 13.3. The Balaban J connectivity index is 1.77. The van der Waals surface area contributed by atoms with Crippen LogP contribution in [0.5, 0.6) is 0 Å². The van der Waals surface area contributed by atoms with E-state index in [-0.39, 0.29) is 31.7 Å². The number of amides is 3. The van der Waals surface area contributed by atoms with Gasteiger partial charge in [0.15, 0.2) is 0 Å². The predicted molar refractivity (Wildman–Crippen MR) is 142 cm³/mol. The molecule has 4 atom stereocenters. The van der Waals surface area contributed by atoms with Gasteiger partial charge >= 0.3 is 0 Å². The number of carbonyl (C=O) groups excluding carboxylic acids is 3. The maximum absolute atomic E-state index is 14.3. The number of carbonyl (C=O) groups is 3. The van der Waals surface area contributed by atoms with Crippen LogP contribution in [0.3, 0.4) is 0 Å². The Morgan fingerprint density at radius 3 is 2.00 bits per heavy atom. The number of primary amides is 1. The summed E-state index contributed by atoms with van der Waals surface area (Å²) in [5.74, 6) is -2.47. The molecular weight excluding hydrogens is 484 g/mol. The Kier molecular flexibility index (Phi) is 8.81. The van der Waals surface area contributed by atoms with Gasteiger partial charge in [0.05, 0.1) is 18.1 Å². The van der Waals surface area contributed by atoms with Gasteiger partial charge in [0, 0.05) is 32.5 Å². The normalized spacial score (nSPS) is 22.9. The van der Waals surface area contributed by atoms with Gasteiger partial charge in [0.2, 0.25) is 17.7 Å². The molecule has 2 fully saturated rings. The lowest BCUT2D eigenvalue weighted by Gasteiger charge is -2.44. The van der Waals surface area contributed by atoms with E-state index in [2.05, 4.69) is 0 Å². The molecule has 6 N–H and O–H groups in total. The molecule has 2 aliphatic rings. The second-order valence-corrected chi connectivity index (χ2v) is 10.6. The van der Waals surface area contributed by atoms with Crippen molar-refractivity contribution < 1.29 is 24.6 Å². The highest BCUT2D eigenvalue weighted by Crippen LogP contribution is 2.32. The maximum Gasteiger partial charge on any atom is 0.243 e. The fraction of sp³-hybridized carbons (Fsp3) is 0.483. The molecule has 0 saturated carbocycles. The van der Waals surface area contributed by atoms with Crippen molar-refractivity contribution in [3.8, 4) is 0 Å². The van der Waals surface area contributed by atoms with Gasteiger partial charge in [-0.05, 0) is 36.8 Å². The van der Waals surface area contributed by atoms with Crippen LogP contribution in [0.25, 0.3) is 0 Å². The summed E-state index contributed by atoms with van der Waals surface area (Å²) in [4.78, 5) is 44.0. The molecule has 4 rings (SSSR count). The minimum atomic E-state index is -1.63. The summed E-state index contributed by atoms with van der Waals surface area (Å²) < 4.78 is 0. The lowest BCUT2D eigenvalue weighted by molar-refractivity contribution is -0.154. The van der Waals surface area contributed by atoms with E-state index in [1.807, 2.05) is 60.7 Å². The first kappa shape index (κ1) is 27.8. The zero-order valence-corrected chi connectivity index (χ0v) is 21.6. The number of nitrogens with zero attached hydrogens (tertiary/aromatic N) is 2. The molecule has 2 aliphatic heterocycles. The summed E-state index contributed by atoms with van der Waals surface area (Å²) >= 11 is 0. The Bertz CT molecular complexity index is 1110. The zero-order chi connectivity index (χ0) is 27.3. The molecule has 0 bridgehead atoms. The van der Waals surface area contributed by atoms with Crippen molar-refractivity contribution in [3.63, 3.8) is 0 Å². The van der Waals surface area contributed by atoms with Crippen molar-refractivity contribution in [2.45, 2.75) is 62.3 Å². The molecule has 204 valence electrons. The average Bonchev–Trinajstić information content (AvgIpc) is 2.92. The third kappa shape index (κ3) is 6.23. The van der Waals surface area contributed by atoms with Crippen LogP contribution in [0.2, 0.25) is 0 Å². The summed E-state index contributed by atoms with van der Waals surface area (Å²) in [6.45, 7) is 0.837. The van der Waals surface area contributed by atoms with Crippen molar-refractivity contribution in [2.24, 2.45) is 17.4 Å². The number of likely N-dealkylation sites (tertiary alicyclic amines) is 2. The maximum atomic E-state index is 14.3. The van der Waals surface area contributed by atoms with Gasteiger partial charge in [0.1, 0.15) is 11.6 Å². The van der Waals surface area contributed by atoms with Crippen LogP contribution in [0.4, 0.5) is 0 Å². The number of hydrogen-bond donors (Lipinski definition) is 4. The molecular formula is C29H38N4O5. The smallest absolute Gasteiger partial charge is 0.243 e. The summed E-state index contributed by atoms with van der Waals surface area (Å²) in [5, 5.41) is 20.2. The van der Waals surface area contributed by atoms with Crippen LogP contribution >= 0.6 is 0 Å². The molecule has 2 aromatic rings. The van der Waals surface area contributed by atoms with Gasteiger partial charge in [-0.25, -0.2) is 0 Å². The second kappa shape index (κ2) is 12.1. The highest BCUT2D eigenvalue weighted by atomic mass is 16.3. The molecule has 2 unspecified atom stereocenters. The third-order valence-electron chi connectivity index (χ3n) is 7.88. The van der Waals surface area contributed by atoms with Crippen LogP contribution in [0.1, 0.15) is 36.8 Å². The number of piperidine rings is 2. The Morgan fingerprint density at radius 2 is 1.42 bits per heavy atom. The van der Waals surface area contributed by atoms with Gasteiger partial charge in [-0.2, -0.15) is 0 Å². The van der Waals surface area contributed by atoms with E-state index in [1.165, 1.54) is 4.90 Å².